The molecule has 0 aliphatic carbocycles. The zero-order chi connectivity index (χ0) is 10.7. The molecule has 0 aromatic heterocycles. The summed E-state index contributed by atoms with van der Waals surface area (Å²) in [5.74, 6) is 0. The summed E-state index contributed by atoms with van der Waals surface area (Å²) in [6, 6.07) is 8.46. The van der Waals surface area contributed by atoms with Crippen molar-refractivity contribution in [2.24, 2.45) is 5.73 Å². The summed E-state index contributed by atoms with van der Waals surface area (Å²) >= 11 is 0. The van der Waals surface area contributed by atoms with Crippen LogP contribution in [0.2, 0.25) is 0 Å². The van der Waals surface area contributed by atoms with Crippen LogP contribution >= 0.6 is 0 Å². The minimum absolute atomic E-state index is 0.0753. The van der Waals surface area contributed by atoms with E-state index in [2.05, 4.69) is 29.2 Å². The Kier molecular flexibility index (Phi) is 3.36. The number of hydrogen-bond donors (Lipinski definition) is 2. The number of rotatable bonds is 4. The van der Waals surface area contributed by atoms with Gasteiger partial charge in [0, 0.05) is 25.7 Å². The summed E-state index contributed by atoms with van der Waals surface area (Å²) in [5.41, 5.74) is 8.53. The first-order valence-electron chi connectivity index (χ1n) is 5.45. The van der Waals surface area contributed by atoms with Crippen LogP contribution in [0.1, 0.15) is 17.5 Å². The first-order valence-corrected chi connectivity index (χ1v) is 5.45. The number of fused-ring (bicyclic) bond motifs is 1. The van der Waals surface area contributed by atoms with E-state index in [4.69, 9.17) is 10.8 Å². The van der Waals surface area contributed by atoms with Gasteiger partial charge in [0.1, 0.15) is 0 Å². The molecular weight excluding hydrogens is 188 g/mol. The molecule has 2 rings (SSSR count). The van der Waals surface area contributed by atoms with Gasteiger partial charge in [0.05, 0.1) is 6.61 Å². The number of benzene rings is 1. The van der Waals surface area contributed by atoms with Crippen molar-refractivity contribution in [3.63, 3.8) is 0 Å². The Morgan fingerprint density at radius 1 is 1.27 bits per heavy atom. The molecule has 1 unspecified atom stereocenters. The SMILES string of the molecule is NC(CO)CCN1Cc2ccccc2C1. The zero-order valence-electron chi connectivity index (χ0n) is 8.89. The topological polar surface area (TPSA) is 49.5 Å². The minimum Gasteiger partial charge on any atom is -0.395 e. The molecule has 3 heteroatoms. The van der Waals surface area contributed by atoms with Gasteiger partial charge < -0.3 is 10.8 Å². The van der Waals surface area contributed by atoms with Crippen molar-refractivity contribution in [3.8, 4) is 0 Å². The molecule has 1 heterocycles. The van der Waals surface area contributed by atoms with Crippen molar-refractivity contribution < 1.29 is 5.11 Å². The molecule has 1 aliphatic heterocycles. The van der Waals surface area contributed by atoms with Crippen LogP contribution in [0.5, 0.6) is 0 Å². The zero-order valence-corrected chi connectivity index (χ0v) is 8.89. The summed E-state index contributed by atoms with van der Waals surface area (Å²) in [5, 5.41) is 8.84. The van der Waals surface area contributed by atoms with Gasteiger partial charge in [-0.15, -0.1) is 0 Å². The van der Waals surface area contributed by atoms with Gasteiger partial charge in [-0.05, 0) is 17.5 Å². The first-order chi connectivity index (χ1) is 7.29. The van der Waals surface area contributed by atoms with Gasteiger partial charge in [-0.2, -0.15) is 0 Å². The van der Waals surface area contributed by atoms with Gasteiger partial charge in [0.25, 0.3) is 0 Å². The lowest BCUT2D eigenvalue weighted by molar-refractivity contribution is 0.226. The average molecular weight is 206 g/mol. The number of aliphatic hydroxyl groups is 1. The second-order valence-electron chi connectivity index (χ2n) is 4.21. The fraction of sp³-hybridized carbons (Fsp3) is 0.500. The van der Waals surface area contributed by atoms with E-state index in [0.29, 0.717) is 0 Å². The maximum absolute atomic E-state index is 8.84. The van der Waals surface area contributed by atoms with Crippen LogP contribution in [-0.2, 0) is 13.1 Å². The molecule has 82 valence electrons. The van der Waals surface area contributed by atoms with E-state index in [-0.39, 0.29) is 12.6 Å². The van der Waals surface area contributed by atoms with Crippen molar-refractivity contribution in [2.45, 2.75) is 25.6 Å². The standard InChI is InChI=1S/C12H18N2O/c13-12(9-15)5-6-14-7-10-3-1-2-4-11(10)8-14/h1-4,12,15H,5-9,13H2. The van der Waals surface area contributed by atoms with E-state index >= 15 is 0 Å². The van der Waals surface area contributed by atoms with Crippen molar-refractivity contribution in [1.82, 2.24) is 4.90 Å². The maximum atomic E-state index is 8.84. The highest BCUT2D eigenvalue weighted by molar-refractivity contribution is 5.30. The van der Waals surface area contributed by atoms with Gasteiger partial charge in [-0.1, -0.05) is 24.3 Å². The maximum Gasteiger partial charge on any atom is 0.0583 e. The Morgan fingerprint density at radius 2 is 1.87 bits per heavy atom. The Hall–Kier alpha value is -0.900. The molecule has 0 bridgehead atoms. The first kappa shape index (κ1) is 10.6. The van der Waals surface area contributed by atoms with Gasteiger partial charge >= 0.3 is 0 Å². The molecule has 15 heavy (non-hydrogen) atoms. The minimum atomic E-state index is -0.0753. The third-order valence-electron chi connectivity index (χ3n) is 2.96. The smallest absolute Gasteiger partial charge is 0.0583 e. The van der Waals surface area contributed by atoms with Crippen LogP contribution < -0.4 is 5.73 Å². The molecule has 0 radical (unpaired) electrons. The normalized spacial score (nSPS) is 17.7. The van der Waals surface area contributed by atoms with E-state index < -0.39 is 0 Å². The molecule has 0 amide bonds. The highest BCUT2D eigenvalue weighted by atomic mass is 16.3. The molecule has 0 saturated carbocycles. The van der Waals surface area contributed by atoms with Gasteiger partial charge in [-0.25, -0.2) is 0 Å². The third kappa shape index (κ3) is 2.56. The second kappa shape index (κ2) is 4.75. The summed E-state index contributed by atoms with van der Waals surface area (Å²) < 4.78 is 0. The van der Waals surface area contributed by atoms with E-state index in [1.807, 2.05) is 0 Å². The second-order valence-corrected chi connectivity index (χ2v) is 4.21. The van der Waals surface area contributed by atoms with Crippen LogP contribution in [0.4, 0.5) is 0 Å². The molecule has 0 spiro atoms. The predicted molar refractivity (Wildman–Crippen MR) is 60.2 cm³/mol. The van der Waals surface area contributed by atoms with Crippen LogP contribution in [0.15, 0.2) is 24.3 Å². The quantitative estimate of drug-likeness (QED) is 0.763. The predicted octanol–water partition coefficient (Wildman–Crippen LogP) is 0.712. The molecule has 0 fully saturated rings. The summed E-state index contributed by atoms with van der Waals surface area (Å²) in [7, 11) is 0. The van der Waals surface area contributed by atoms with Crippen molar-refractivity contribution >= 4 is 0 Å². The molecular formula is C12H18N2O. The van der Waals surface area contributed by atoms with Crippen LogP contribution in [-0.4, -0.2) is 29.2 Å². The van der Waals surface area contributed by atoms with E-state index in [1.54, 1.807) is 0 Å². The molecule has 3 N–H and O–H groups in total. The van der Waals surface area contributed by atoms with Crippen LogP contribution in [0.25, 0.3) is 0 Å². The third-order valence-corrected chi connectivity index (χ3v) is 2.96. The van der Waals surface area contributed by atoms with Gasteiger partial charge in [0.2, 0.25) is 0 Å². The number of aliphatic hydroxyl groups excluding tert-OH is 1. The van der Waals surface area contributed by atoms with Gasteiger partial charge in [-0.3, -0.25) is 4.90 Å². The Labute approximate surface area is 90.5 Å². The van der Waals surface area contributed by atoms with Gasteiger partial charge in [0.15, 0.2) is 0 Å². The largest absolute Gasteiger partial charge is 0.395 e. The molecule has 1 aromatic carbocycles. The molecule has 1 atom stereocenters. The number of nitrogens with zero attached hydrogens (tertiary/aromatic N) is 1. The number of nitrogens with two attached hydrogens (primary N) is 1. The molecule has 3 nitrogen and oxygen atoms in total. The lowest BCUT2D eigenvalue weighted by Crippen LogP contribution is -2.30. The van der Waals surface area contributed by atoms with E-state index in [1.165, 1.54) is 11.1 Å². The van der Waals surface area contributed by atoms with Crippen molar-refractivity contribution in [3.05, 3.63) is 35.4 Å². The molecule has 1 aliphatic rings. The lowest BCUT2D eigenvalue weighted by Gasteiger charge is -2.16. The van der Waals surface area contributed by atoms with Crippen LogP contribution in [0, 0.1) is 0 Å². The lowest BCUT2D eigenvalue weighted by atomic mass is 10.1. The molecule has 1 aromatic rings. The fourth-order valence-corrected chi connectivity index (χ4v) is 2.00. The highest BCUT2D eigenvalue weighted by Crippen LogP contribution is 2.21. The fourth-order valence-electron chi connectivity index (χ4n) is 2.00. The Morgan fingerprint density at radius 3 is 2.40 bits per heavy atom. The number of hydrogen-bond acceptors (Lipinski definition) is 3. The summed E-state index contributed by atoms with van der Waals surface area (Å²) in [6.45, 7) is 3.10. The van der Waals surface area contributed by atoms with E-state index in [9.17, 15) is 0 Å². The van der Waals surface area contributed by atoms with E-state index in [0.717, 1.165) is 26.1 Å². The highest BCUT2D eigenvalue weighted by Gasteiger charge is 2.17. The Bertz CT molecular complexity index is 302. The summed E-state index contributed by atoms with van der Waals surface area (Å²) in [6.07, 6.45) is 0.866. The van der Waals surface area contributed by atoms with Crippen molar-refractivity contribution in [1.29, 1.82) is 0 Å². The summed E-state index contributed by atoms with van der Waals surface area (Å²) in [4.78, 5) is 2.38. The Balaban J connectivity index is 1.85. The average Bonchev–Trinajstić information content (AvgIpc) is 2.68. The van der Waals surface area contributed by atoms with Crippen LogP contribution in [0.3, 0.4) is 0 Å². The monoisotopic (exact) mass is 206 g/mol. The molecule has 0 saturated heterocycles. The van der Waals surface area contributed by atoms with Crippen molar-refractivity contribution in [2.75, 3.05) is 13.2 Å².